The average Bonchev–Trinajstić information content (AvgIpc) is 2.65. The van der Waals surface area contributed by atoms with Crippen molar-refractivity contribution in [1.29, 1.82) is 0 Å². The molecule has 0 spiro atoms. The minimum absolute atomic E-state index is 0.882. The molecule has 17 heavy (non-hydrogen) atoms. The number of rotatable bonds is 4. The molecule has 1 aliphatic heterocycles. The van der Waals surface area contributed by atoms with Crippen LogP contribution in [0.1, 0.15) is 39.0 Å². The summed E-state index contributed by atoms with van der Waals surface area (Å²) in [6.07, 6.45) is 8.16. The van der Waals surface area contributed by atoms with Crippen molar-refractivity contribution >= 4 is 11.8 Å². The molecule has 0 saturated carbocycles. The van der Waals surface area contributed by atoms with Crippen molar-refractivity contribution in [1.82, 2.24) is 9.97 Å². The van der Waals surface area contributed by atoms with Gasteiger partial charge in [0.2, 0.25) is 5.95 Å². The van der Waals surface area contributed by atoms with E-state index in [1.165, 1.54) is 25.7 Å². The highest BCUT2D eigenvalue weighted by Crippen LogP contribution is 2.16. The monoisotopic (exact) mass is 234 g/mol. The van der Waals surface area contributed by atoms with E-state index >= 15 is 0 Å². The molecule has 0 bridgehead atoms. The first-order valence-corrected chi connectivity index (χ1v) is 6.72. The summed E-state index contributed by atoms with van der Waals surface area (Å²) >= 11 is 0. The molecule has 0 amide bonds. The van der Waals surface area contributed by atoms with E-state index < -0.39 is 0 Å². The van der Waals surface area contributed by atoms with Crippen molar-refractivity contribution in [2.45, 2.75) is 39.0 Å². The molecule has 94 valence electrons. The van der Waals surface area contributed by atoms with Gasteiger partial charge in [0, 0.05) is 25.8 Å². The number of anilines is 2. The van der Waals surface area contributed by atoms with E-state index in [-0.39, 0.29) is 0 Å². The van der Waals surface area contributed by atoms with Crippen LogP contribution in [0.25, 0.3) is 0 Å². The molecule has 0 aromatic carbocycles. The summed E-state index contributed by atoms with van der Waals surface area (Å²) in [5, 5.41) is 3.31. The van der Waals surface area contributed by atoms with E-state index in [4.69, 9.17) is 0 Å². The lowest BCUT2D eigenvalue weighted by Gasteiger charge is -2.20. The summed E-state index contributed by atoms with van der Waals surface area (Å²) in [7, 11) is 0. The largest absolute Gasteiger partial charge is 0.370 e. The fraction of sp³-hybridized carbons (Fsp3) is 0.692. The highest BCUT2D eigenvalue weighted by Gasteiger charge is 2.12. The van der Waals surface area contributed by atoms with Crippen LogP contribution in [0.15, 0.2) is 12.3 Å². The Morgan fingerprint density at radius 1 is 1.24 bits per heavy atom. The predicted octanol–water partition coefficient (Wildman–Crippen LogP) is 2.68. The molecular formula is C13H22N4. The van der Waals surface area contributed by atoms with Gasteiger partial charge in [-0.2, -0.15) is 4.98 Å². The van der Waals surface area contributed by atoms with Crippen molar-refractivity contribution in [3.8, 4) is 0 Å². The van der Waals surface area contributed by atoms with Gasteiger partial charge in [-0.25, -0.2) is 4.98 Å². The first kappa shape index (κ1) is 12.1. The van der Waals surface area contributed by atoms with Crippen LogP contribution in [0.5, 0.6) is 0 Å². The molecule has 0 aliphatic carbocycles. The van der Waals surface area contributed by atoms with E-state index in [1.54, 1.807) is 0 Å². The van der Waals surface area contributed by atoms with E-state index in [2.05, 4.69) is 27.1 Å². The zero-order chi connectivity index (χ0) is 11.9. The standard InChI is InChI=1S/C13H22N4/c1-2-8-14-12-7-9-15-13(16-12)17-10-5-3-4-6-11-17/h7,9H,2-6,8,10-11H2,1H3,(H,14,15,16). The van der Waals surface area contributed by atoms with Gasteiger partial charge in [-0.1, -0.05) is 19.8 Å². The molecule has 2 rings (SSSR count). The maximum Gasteiger partial charge on any atom is 0.227 e. The van der Waals surface area contributed by atoms with Crippen LogP contribution in [0.4, 0.5) is 11.8 Å². The van der Waals surface area contributed by atoms with Gasteiger partial charge in [-0.15, -0.1) is 0 Å². The highest BCUT2D eigenvalue weighted by atomic mass is 15.3. The predicted molar refractivity (Wildman–Crippen MR) is 71.5 cm³/mol. The molecule has 1 aromatic heterocycles. The summed E-state index contributed by atoms with van der Waals surface area (Å²) in [4.78, 5) is 11.3. The summed E-state index contributed by atoms with van der Waals surface area (Å²) in [5.41, 5.74) is 0. The Kier molecular flexibility index (Phi) is 4.59. The second-order valence-electron chi connectivity index (χ2n) is 4.57. The van der Waals surface area contributed by atoms with Crippen molar-refractivity contribution in [3.05, 3.63) is 12.3 Å². The van der Waals surface area contributed by atoms with Gasteiger partial charge in [0.15, 0.2) is 0 Å². The quantitative estimate of drug-likeness (QED) is 0.869. The van der Waals surface area contributed by atoms with Crippen molar-refractivity contribution in [2.24, 2.45) is 0 Å². The maximum absolute atomic E-state index is 4.58. The first-order chi connectivity index (χ1) is 8.40. The number of hydrogen-bond donors (Lipinski definition) is 1. The summed E-state index contributed by atoms with van der Waals surface area (Å²) in [5.74, 6) is 1.83. The molecule has 1 aromatic rings. The van der Waals surface area contributed by atoms with E-state index in [0.717, 1.165) is 37.8 Å². The van der Waals surface area contributed by atoms with Crippen molar-refractivity contribution in [2.75, 3.05) is 29.9 Å². The van der Waals surface area contributed by atoms with Crippen LogP contribution < -0.4 is 10.2 Å². The number of aromatic nitrogens is 2. The van der Waals surface area contributed by atoms with Crippen LogP contribution in [-0.4, -0.2) is 29.6 Å². The smallest absolute Gasteiger partial charge is 0.227 e. The van der Waals surface area contributed by atoms with Crippen LogP contribution in [0.2, 0.25) is 0 Å². The number of nitrogens with zero attached hydrogens (tertiary/aromatic N) is 3. The van der Waals surface area contributed by atoms with Crippen molar-refractivity contribution < 1.29 is 0 Å². The Morgan fingerprint density at radius 2 is 2.00 bits per heavy atom. The molecule has 1 saturated heterocycles. The number of hydrogen-bond acceptors (Lipinski definition) is 4. The van der Waals surface area contributed by atoms with Gasteiger partial charge >= 0.3 is 0 Å². The Hall–Kier alpha value is -1.32. The Labute approximate surface area is 103 Å². The molecule has 1 fully saturated rings. The Morgan fingerprint density at radius 3 is 2.71 bits per heavy atom. The SMILES string of the molecule is CCCNc1ccnc(N2CCCCCC2)n1. The maximum atomic E-state index is 4.58. The van der Waals surface area contributed by atoms with Crippen molar-refractivity contribution in [3.63, 3.8) is 0 Å². The molecule has 4 heteroatoms. The third-order valence-electron chi connectivity index (χ3n) is 3.09. The second kappa shape index (κ2) is 6.42. The topological polar surface area (TPSA) is 41.1 Å². The first-order valence-electron chi connectivity index (χ1n) is 6.72. The van der Waals surface area contributed by atoms with Crippen LogP contribution in [-0.2, 0) is 0 Å². The molecular weight excluding hydrogens is 212 g/mol. The van der Waals surface area contributed by atoms with Gasteiger partial charge < -0.3 is 10.2 Å². The van der Waals surface area contributed by atoms with Gasteiger partial charge in [-0.3, -0.25) is 0 Å². The van der Waals surface area contributed by atoms with E-state index in [0.29, 0.717) is 0 Å². The molecule has 2 heterocycles. The summed E-state index contributed by atoms with van der Waals surface area (Å²) in [6, 6.07) is 1.94. The molecule has 1 aliphatic rings. The van der Waals surface area contributed by atoms with Gasteiger partial charge in [0.25, 0.3) is 0 Å². The van der Waals surface area contributed by atoms with Gasteiger partial charge in [0.1, 0.15) is 5.82 Å². The molecule has 0 unspecified atom stereocenters. The fourth-order valence-corrected chi connectivity index (χ4v) is 2.12. The third-order valence-corrected chi connectivity index (χ3v) is 3.09. The summed E-state index contributed by atoms with van der Waals surface area (Å²) < 4.78 is 0. The Bertz CT molecular complexity index is 332. The molecule has 0 atom stereocenters. The minimum atomic E-state index is 0.882. The van der Waals surface area contributed by atoms with Gasteiger partial charge in [0.05, 0.1) is 0 Å². The lowest BCUT2D eigenvalue weighted by Crippen LogP contribution is -2.26. The van der Waals surface area contributed by atoms with Gasteiger partial charge in [-0.05, 0) is 25.3 Å². The van der Waals surface area contributed by atoms with Crippen LogP contribution >= 0.6 is 0 Å². The zero-order valence-corrected chi connectivity index (χ0v) is 10.7. The molecule has 4 nitrogen and oxygen atoms in total. The van der Waals surface area contributed by atoms with Crippen LogP contribution in [0.3, 0.4) is 0 Å². The van der Waals surface area contributed by atoms with Crippen LogP contribution in [0, 0.1) is 0 Å². The van der Waals surface area contributed by atoms with E-state index in [9.17, 15) is 0 Å². The summed E-state index contributed by atoms with van der Waals surface area (Å²) in [6.45, 7) is 5.31. The third kappa shape index (κ3) is 3.58. The Balaban J connectivity index is 2.03. The average molecular weight is 234 g/mol. The lowest BCUT2D eigenvalue weighted by atomic mass is 10.2. The highest BCUT2D eigenvalue weighted by molar-refractivity contribution is 5.41. The fourth-order valence-electron chi connectivity index (χ4n) is 2.12. The van der Waals surface area contributed by atoms with E-state index in [1.807, 2.05) is 12.3 Å². The zero-order valence-electron chi connectivity index (χ0n) is 10.7. The second-order valence-corrected chi connectivity index (χ2v) is 4.57. The minimum Gasteiger partial charge on any atom is -0.370 e. The molecule has 1 N–H and O–H groups in total. The lowest BCUT2D eigenvalue weighted by molar-refractivity contribution is 0.726. The normalized spacial score (nSPS) is 16.6. The number of nitrogens with one attached hydrogen (secondary N) is 1. The molecule has 0 radical (unpaired) electrons.